The molecule has 1 heterocycles. The summed E-state index contributed by atoms with van der Waals surface area (Å²) in [7, 11) is 0. The van der Waals surface area contributed by atoms with Gasteiger partial charge in [-0.2, -0.15) is 0 Å². The minimum atomic E-state index is 0.212. The molecule has 1 aromatic carbocycles. The fourth-order valence-electron chi connectivity index (χ4n) is 1.69. The van der Waals surface area contributed by atoms with Crippen LogP contribution in [0.25, 0.3) is 0 Å². The third-order valence-corrected chi connectivity index (χ3v) is 5.00. The van der Waals surface area contributed by atoms with Crippen molar-refractivity contribution in [3.63, 3.8) is 0 Å². The minimum absolute atomic E-state index is 0.212. The van der Waals surface area contributed by atoms with Crippen molar-refractivity contribution in [3.05, 3.63) is 48.0 Å². The van der Waals surface area contributed by atoms with E-state index in [-0.39, 0.29) is 6.04 Å². The maximum Gasteiger partial charge on any atom is 0.0931 e. The molecule has 1 atom stereocenters. The van der Waals surface area contributed by atoms with Crippen molar-refractivity contribution in [2.45, 2.75) is 19.9 Å². The summed E-state index contributed by atoms with van der Waals surface area (Å²) in [5.41, 5.74) is 3.48. The molecule has 5 heteroatoms. The summed E-state index contributed by atoms with van der Waals surface area (Å²) >= 11 is 14.7. The molecule has 0 amide bonds. The van der Waals surface area contributed by atoms with Gasteiger partial charge in [-0.25, -0.2) is 0 Å². The molecule has 0 radical (unpaired) electrons. The normalized spacial score (nSPS) is 12.5. The van der Waals surface area contributed by atoms with Gasteiger partial charge in [0.25, 0.3) is 0 Å². The zero-order chi connectivity index (χ0) is 13.3. The monoisotopic (exact) mass is 407 g/mol. The number of anilines is 1. The molecule has 0 saturated carbocycles. The second-order valence-electron chi connectivity index (χ2n) is 4.15. The predicted octanol–water partition coefficient (Wildman–Crippen LogP) is 6.41. The highest BCUT2D eigenvalue weighted by molar-refractivity contribution is 9.11. The number of aryl methyl sites for hydroxylation is 1. The number of halogens is 3. The molecule has 0 fully saturated rings. The number of rotatable bonds is 3. The highest BCUT2D eigenvalue weighted by Gasteiger charge is 2.12. The zero-order valence-corrected chi connectivity index (χ0v) is 14.7. The van der Waals surface area contributed by atoms with Gasteiger partial charge in [0.05, 0.1) is 10.0 Å². The summed E-state index contributed by atoms with van der Waals surface area (Å²) in [4.78, 5) is 0. The minimum Gasteiger partial charge on any atom is -0.377 e. The van der Waals surface area contributed by atoms with Gasteiger partial charge < -0.3 is 5.32 Å². The van der Waals surface area contributed by atoms with Crippen LogP contribution in [0.1, 0.15) is 24.1 Å². The summed E-state index contributed by atoms with van der Waals surface area (Å²) < 4.78 is 2.94. The zero-order valence-electron chi connectivity index (χ0n) is 9.93. The van der Waals surface area contributed by atoms with E-state index in [1.54, 1.807) is 11.3 Å². The molecule has 0 aliphatic heterocycles. The van der Waals surface area contributed by atoms with Crippen LogP contribution in [0.4, 0.5) is 5.69 Å². The van der Waals surface area contributed by atoms with Gasteiger partial charge in [-0.05, 0) is 80.4 Å². The first-order valence-electron chi connectivity index (χ1n) is 5.43. The molecule has 1 N–H and O–H groups in total. The Morgan fingerprint density at radius 3 is 2.33 bits per heavy atom. The topological polar surface area (TPSA) is 12.0 Å². The Kier molecular flexibility index (Phi) is 4.75. The first kappa shape index (κ1) is 14.4. The number of hydrogen-bond acceptors (Lipinski definition) is 2. The van der Waals surface area contributed by atoms with E-state index in [0.29, 0.717) is 0 Å². The number of thiophene rings is 1. The maximum absolute atomic E-state index is 5.96. The first-order chi connectivity index (χ1) is 8.47. The molecule has 0 spiro atoms. The highest BCUT2D eigenvalue weighted by Crippen LogP contribution is 2.35. The fourth-order valence-corrected chi connectivity index (χ4v) is 4.32. The van der Waals surface area contributed by atoms with Crippen molar-refractivity contribution >= 4 is 60.5 Å². The van der Waals surface area contributed by atoms with Crippen LogP contribution < -0.4 is 5.32 Å². The molecule has 0 saturated heterocycles. The molecule has 1 nitrogen and oxygen atoms in total. The van der Waals surface area contributed by atoms with Crippen LogP contribution in [0.5, 0.6) is 0 Å². The van der Waals surface area contributed by atoms with Crippen LogP contribution in [-0.4, -0.2) is 0 Å². The van der Waals surface area contributed by atoms with E-state index in [1.165, 1.54) is 11.1 Å². The Hall–Kier alpha value is -0.0300. The lowest BCUT2D eigenvalue weighted by Gasteiger charge is -2.17. The van der Waals surface area contributed by atoms with Crippen molar-refractivity contribution in [1.82, 2.24) is 0 Å². The van der Waals surface area contributed by atoms with Gasteiger partial charge in [0.2, 0.25) is 0 Å². The smallest absolute Gasteiger partial charge is 0.0931 e. The summed E-state index contributed by atoms with van der Waals surface area (Å²) in [5, 5.41) is 5.57. The maximum atomic E-state index is 5.96. The highest BCUT2D eigenvalue weighted by atomic mass is 79.9. The molecule has 0 aliphatic rings. The molecular weight excluding hydrogens is 397 g/mol. The molecule has 96 valence electrons. The second kappa shape index (κ2) is 5.95. The average Bonchev–Trinajstić information content (AvgIpc) is 2.70. The Balaban J connectivity index is 2.24. The summed E-state index contributed by atoms with van der Waals surface area (Å²) in [6, 6.07) is 6.41. The third-order valence-electron chi connectivity index (χ3n) is 2.64. The van der Waals surface area contributed by atoms with E-state index in [9.17, 15) is 0 Å². The van der Waals surface area contributed by atoms with Gasteiger partial charge in [0.15, 0.2) is 0 Å². The van der Waals surface area contributed by atoms with Gasteiger partial charge in [-0.15, -0.1) is 11.3 Å². The van der Waals surface area contributed by atoms with Gasteiger partial charge in [0.1, 0.15) is 0 Å². The van der Waals surface area contributed by atoms with E-state index in [0.717, 1.165) is 19.0 Å². The standard InChI is InChI=1S/C13H12Br2ClNS/c1-7-3-10(14)13(11(15)4-7)17-8(2)9-5-12(16)18-6-9/h3-6,8,17H,1-2H3. The van der Waals surface area contributed by atoms with Gasteiger partial charge >= 0.3 is 0 Å². The summed E-state index contributed by atoms with van der Waals surface area (Å²) in [6.45, 7) is 4.19. The molecule has 0 bridgehead atoms. The Morgan fingerprint density at radius 1 is 1.22 bits per heavy atom. The number of nitrogens with one attached hydrogen (secondary N) is 1. The molecule has 1 unspecified atom stereocenters. The lowest BCUT2D eigenvalue weighted by Crippen LogP contribution is -2.06. The SMILES string of the molecule is Cc1cc(Br)c(NC(C)c2csc(Cl)c2)c(Br)c1. The van der Waals surface area contributed by atoms with Crippen molar-refractivity contribution < 1.29 is 0 Å². The predicted molar refractivity (Wildman–Crippen MR) is 87.9 cm³/mol. The van der Waals surface area contributed by atoms with Crippen LogP contribution in [0.2, 0.25) is 4.34 Å². The number of hydrogen-bond donors (Lipinski definition) is 1. The Morgan fingerprint density at radius 2 is 1.83 bits per heavy atom. The largest absolute Gasteiger partial charge is 0.377 e. The second-order valence-corrected chi connectivity index (χ2v) is 7.40. The van der Waals surface area contributed by atoms with Crippen molar-refractivity contribution in [2.75, 3.05) is 5.32 Å². The number of benzene rings is 1. The van der Waals surface area contributed by atoms with Crippen LogP contribution in [0.15, 0.2) is 32.5 Å². The Bertz CT molecular complexity index is 545. The molecule has 2 aromatic rings. The van der Waals surface area contributed by atoms with Crippen molar-refractivity contribution in [3.8, 4) is 0 Å². The van der Waals surface area contributed by atoms with E-state index in [2.05, 4.69) is 68.5 Å². The quantitative estimate of drug-likeness (QED) is 0.618. The van der Waals surface area contributed by atoms with Gasteiger partial charge in [0, 0.05) is 15.0 Å². The van der Waals surface area contributed by atoms with Crippen molar-refractivity contribution in [1.29, 1.82) is 0 Å². The van der Waals surface area contributed by atoms with Crippen molar-refractivity contribution in [2.24, 2.45) is 0 Å². The third kappa shape index (κ3) is 3.29. The van der Waals surface area contributed by atoms with Gasteiger partial charge in [-0.3, -0.25) is 0 Å². The van der Waals surface area contributed by atoms with E-state index in [1.807, 2.05) is 6.07 Å². The Labute approximate surface area is 133 Å². The lowest BCUT2D eigenvalue weighted by atomic mass is 10.1. The molecule has 1 aromatic heterocycles. The van der Waals surface area contributed by atoms with Crippen LogP contribution in [0, 0.1) is 6.92 Å². The molecule has 0 aliphatic carbocycles. The van der Waals surface area contributed by atoms with E-state index < -0.39 is 0 Å². The summed E-state index contributed by atoms with van der Waals surface area (Å²) in [5.74, 6) is 0. The fraction of sp³-hybridized carbons (Fsp3) is 0.231. The van der Waals surface area contributed by atoms with Crippen LogP contribution in [0.3, 0.4) is 0 Å². The molecule has 18 heavy (non-hydrogen) atoms. The van der Waals surface area contributed by atoms with E-state index in [4.69, 9.17) is 11.6 Å². The van der Waals surface area contributed by atoms with Gasteiger partial charge in [-0.1, -0.05) is 11.6 Å². The van der Waals surface area contributed by atoms with Crippen LogP contribution >= 0.6 is 54.8 Å². The average molecular weight is 410 g/mol. The van der Waals surface area contributed by atoms with Crippen LogP contribution in [-0.2, 0) is 0 Å². The molecular formula is C13H12Br2ClNS. The first-order valence-corrected chi connectivity index (χ1v) is 8.28. The molecule has 2 rings (SSSR count). The lowest BCUT2D eigenvalue weighted by molar-refractivity contribution is 0.888. The van der Waals surface area contributed by atoms with E-state index >= 15 is 0 Å². The summed E-state index contributed by atoms with van der Waals surface area (Å²) in [6.07, 6.45) is 0.